The first kappa shape index (κ1) is 13.1. The fraction of sp³-hybridized carbons (Fsp3) is 0.417. The summed E-state index contributed by atoms with van der Waals surface area (Å²) in [5.41, 5.74) is 0.364. The van der Waals surface area contributed by atoms with Crippen molar-refractivity contribution >= 4 is 17.1 Å². The van der Waals surface area contributed by atoms with Crippen LogP contribution in [0.15, 0.2) is 29.2 Å². The Bertz CT molecular complexity index is 352. The highest BCUT2D eigenvalue weighted by Crippen LogP contribution is 2.23. The minimum Gasteiger partial charge on any atom is -0.452 e. The van der Waals surface area contributed by atoms with Crippen molar-refractivity contribution in [1.82, 2.24) is 0 Å². The number of thioether (sulfide) groups is 1. The standard InChI is InChI=1S/C12H16O3S/c1-12(2,3)15-11(14)16-10-6-4-9(8-13)5-7-10/h4-7,13H,8H2,1-3H3. The van der Waals surface area contributed by atoms with Gasteiger partial charge in [-0.25, -0.2) is 4.79 Å². The zero-order valence-electron chi connectivity index (χ0n) is 9.69. The van der Waals surface area contributed by atoms with E-state index in [0.717, 1.165) is 22.2 Å². The second-order valence-corrected chi connectivity index (χ2v) is 5.38. The van der Waals surface area contributed by atoms with E-state index < -0.39 is 5.60 Å². The van der Waals surface area contributed by atoms with Crippen LogP contribution < -0.4 is 0 Å². The number of hydrogen-bond acceptors (Lipinski definition) is 4. The average molecular weight is 240 g/mol. The van der Waals surface area contributed by atoms with Gasteiger partial charge in [-0.2, -0.15) is 0 Å². The monoisotopic (exact) mass is 240 g/mol. The Hall–Kier alpha value is -1.00. The van der Waals surface area contributed by atoms with E-state index in [1.165, 1.54) is 0 Å². The van der Waals surface area contributed by atoms with Gasteiger partial charge in [0.1, 0.15) is 5.60 Å². The lowest BCUT2D eigenvalue weighted by molar-refractivity contribution is 0.0738. The molecule has 0 saturated heterocycles. The third-order valence-electron chi connectivity index (χ3n) is 1.70. The number of carbonyl (C=O) groups is 1. The van der Waals surface area contributed by atoms with Crippen LogP contribution in [0, 0.1) is 0 Å². The number of hydrogen-bond donors (Lipinski definition) is 1. The Morgan fingerprint density at radius 3 is 2.31 bits per heavy atom. The van der Waals surface area contributed by atoms with E-state index in [2.05, 4.69) is 0 Å². The third-order valence-corrected chi connectivity index (χ3v) is 2.45. The summed E-state index contributed by atoms with van der Waals surface area (Å²) in [6.07, 6.45) is 0. The molecule has 4 heteroatoms. The van der Waals surface area contributed by atoms with E-state index in [1.807, 2.05) is 20.8 Å². The van der Waals surface area contributed by atoms with Crippen LogP contribution in [0.2, 0.25) is 0 Å². The molecule has 0 radical (unpaired) electrons. The van der Waals surface area contributed by atoms with Crippen LogP contribution in [0.25, 0.3) is 0 Å². The lowest BCUT2D eigenvalue weighted by atomic mass is 10.2. The number of aliphatic hydroxyl groups is 1. The Labute approximate surface area is 99.8 Å². The molecule has 0 fully saturated rings. The number of benzene rings is 1. The Balaban J connectivity index is 2.56. The van der Waals surface area contributed by atoms with E-state index in [4.69, 9.17) is 9.84 Å². The highest BCUT2D eigenvalue weighted by Gasteiger charge is 2.17. The SMILES string of the molecule is CC(C)(C)OC(=O)Sc1ccc(CO)cc1. The predicted octanol–water partition coefficient (Wildman–Crippen LogP) is 3.21. The normalized spacial score (nSPS) is 11.2. The van der Waals surface area contributed by atoms with Crippen molar-refractivity contribution in [2.24, 2.45) is 0 Å². The number of ether oxygens (including phenoxy) is 1. The van der Waals surface area contributed by atoms with Crippen LogP contribution in [0.4, 0.5) is 4.79 Å². The first-order valence-electron chi connectivity index (χ1n) is 5.01. The van der Waals surface area contributed by atoms with Gasteiger partial charge >= 0.3 is 5.30 Å². The molecule has 16 heavy (non-hydrogen) atoms. The summed E-state index contributed by atoms with van der Waals surface area (Å²) >= 11 is 1.05. The van der Waals surface area contributed by atoms with E-state index in [0.29, 0.717) is 0 Å². The second kappa shape index (κ2) is 5.37. The van der Waals surface area contributed by atoms with Crippen LogP contribution in [-0.4, -0.2) is 16.0 Å². The van der Waals surface area contributed by atoms with Crippen molar-refractivity contribution in [3.8, 4) is 0 Å². The summed E-state index contributed by atoms with van der Waals surface area (Å²) in [6, 6.07) is 7.15. The van der Waals surface area contributed by atoms with Crippen LogP contribution in [0.1, 0.15) is 26.3 Å². The molecule has 0 aliphatic rings. The molecular weight excluding hydrogens is 224 g/mol. The highest BCUT2D eigenvalue weighted by molar-refractivity contribution is 8.13. The van der Waals surface area contributed by atoms with E-state index >= 15 is 0 Å². The van der Waals surface area contributed by atoms with Crippen LogP contribution in [0.3, 0.4) is 0 Å². The van der Waals surface area contributed by atoms with E-state index in [1.54, 1.807) is 24.3 Å². The van der Waals surface area contributed by atoms with Crippen LogP contribution in [-0.2, 0) is 11.3 Å². The summed E-state index contributed by atoms with van der Waals surface area (Å²) in [7, 11) is 0. The smallest absolute Gasteiger partial charge is 0.372 e. The fourth-order valence-electron chi connectivity index (χ4n) is 1.03. The maximum Gasteiger partial charge on any atom is 0.372 e. The maximum atomic E-state index is 11.5. The lowest BCUT2D eigenvalue weighted by Crippen LogP contribution is -2.21. The van der Waals surface area contributed by atoms with Gasteiger partial charge in [0.25, 0.3) is 0 Å². The quantitative estimate of drug-likeness (QED) is 0.637. The van der Waals surface area contributed by atoms with E-state index in [9.17, 15) is 4.79 Å². The van der Waals surface area contributed by atoms with Crippen molar-refractivity contribution in [3.05, 3.63) is 29.8 Å². The molecule has 0 atom stereocenters. The van der Waals surface area contributed by atoms with Crippen molar-refractivity contribution in [2.45, 2.75) is 37.9 Å². The van der Waals surface area contributed by atoms with Crippen molar-refractivity contribution in [3.63, 3.8) is 0 Å². The number of aliphatic hydroxyl groups excluding tert-OH is 1. The van der Waals surface area contributed by atoms with Crippen LogP contribution >= 0.6 is 11.8 Å². The molecule has 0 spiro atoms. The topological polar surface area (TPSA) is 46.5 Å². The molecule has 1 N–H and O–H groups in total. The molecule has 1 aromatic rings. The molecule has 0 aromatic heterocycles. The van der Waals surface area contributed by atoms with Gasteiger partial charge in [-0.1, -0.05) is 12.1 Å². The Morgan fingerprint density at radius 1 is 1.31 bits per heavy atom. The van der Waals surface area contributed by atoms with Crippen LogP contribution in [0.5, 0.6) is 0 Å². The van der Waals surface area contributed by atoms with Gasteiger partial charge in [0, 0.05) is 4.90 Å². The predicted molar refractivity (Wildman–Crippen MR) is 64.5 cm³/mol. The highest BCUT2D eigenvalue weighted by atomic mass is 32.2. The molecule has 0 amide bonds. The molecule has 88 valence electrons. The summed E-state index contributed by atoms with van der Waals surface area (Å²) in [4.78, 5) is 12.3. The van der Waals surface area contributed by atoms with Gasteiger partial charge < -0.3 is 9.84 Å². The summed E-state index contributed by atoms with van der Waals surface area (Å²) in [6.45, 7) is 5.51. The molecule has 0 aliphatic carbocycles. The van der Waals surface area contributed by atoms with Gasteiger partial charge in [0.05, 0.1) is 6.61 Å². The van der Waals surface area contributed by atoms with Gasteiger partial charge in [0.2, 0.25) is 0 Å². The van der Waals surface area contributed by atoms with Gasteiger partial charge in [-0.3, -0.25) is 0 Å². The summed E-state index contributed by atoms with van der Waals surface area (Å²) in [5, 5.41) is 8.55. The zero-order chi connectivity index (χ0) is 12.2. The van der Waals surface area contributed by atoms with Gasteiger partial charge in [-0.05, 0) is 50.2 Å². The Morgan fingerprint density at radius 2 is 1.88 bits per heavy atom. The minimum atomic E-state index is -0.463. The molecule has 0 unspecified atom stereocenters. The third kappa shape index (κ3) is 4.68. The average Bonchev–Trinajstić information content (AvgIpc) is 2.16. The molecule has 0 bridgehead atoms. The maximum absolute atomic E-state index is 11.5. The lowest BCUT2D eigenvalue weighted by Gasteiger charge is -2.18. The molecular formula is C12H16O3S. The fourth-order valence-corrected chi connectivity index (χ4v) is 1.79. The van der Waals surface area contributed by atoms with Gasteiger partial charge in [-0.15, -0.1) is 0 Å². The summed E-state index contributed by atoms with van der Waals surface area (Å²) < 4.78 is 5.17. The molecule has 0 heterocycles. The number of rotatable bonds is 2. The first-order chi connectivity index (χ1) is 7.40. The zero-order valence-corrected chi connectivity index (χ0v) is 10.5. The van der Waals surface area contributed by atoms with Crippen molar-refractivity contribution in [2.75, 3.05) is 0 Å². The largest absolute Gasteiger partial charge is 0.452 e. The molecule has 1 aromatic carbocycles. The summed E-state index contributed by atoms with van der Waals surface area (Å²) in [5.74, 6) is 0. The molecule has 3 nitrogen and oxygen atoms in total. The van der Waals surface area contributed by atoms with Crippen molar-refractivity contribution < 1.29 is 14.6 Å². The molecule has 0 aliphatic heterocycles. The molecule has 0 saturated carbocycles. The molecule has 1 rings (SSSR count). The van der Waals surface area contributed by atoms with Gasteiger partial charge in [0.15, 0.2) is 0 Å². The number of carbonyl (C=O) groups excluding carboxylic acids is 1. The second-order valence-electron chi connectivity index (χ2n) is 4.37. The van der Waals surface area contributed by atoms with E-state index in [-0.39, 0.29) is 11.9 Å². The van der Waals surface area contributed by atoms with Crippen molar-refractivity contribution in [1.29, 1.82) is 0 Å². The first-order valence-corrected chi connectivity index (χ1v) is 5.83. The minimum absolute atomic E-state index is 0.0113. The Kier molecular flexibility index (Phi) is 4.38.